The molecule has 1 aliphatic carbocycles. The molecule has 0 aromatic heterocycles. The number of rotatable bonds is 1. The Kier molecular flexibility index (Phi) is 1.98. The van der Waals surface area contributed by atoms with Crippen LogP contribution in [0.3, 0.4) is 0 Å². The number of carbonyl (C=O) groups is 2. The van der Waals surface area contributed by atoms with Gasteiger partial charge in [0.15, 0.2) is 0 Å². The smallest absolute Gasteiger partial charge is 0.331 e. The molecule has 0 N–H and O–H groups in total. The number of ketones is 1. The first-order valence-corrected chi connectivity index (χ1v) is 4.88. The minimum absolute atomic E-state index is 0.0727. The lowest BCUT2D eigenvalue weighted by atomic mass is 9.88. The molecular formula is C11H14O3. The van der Waals surface area contributed by atoms with E-state index in [0.717, 1.165) is 12.0 Å². The van der Waals surface area contributed by atoms with Crippen LogP contribution in [0.5, 0.6) is 0 Å². The second-order valence-corrected chi connectivity index (χ2v) is 4.89. The molecule has 3 nitrogen and oxygen atoms in total. The molecule has 1 fully saturated rings. The Bertz CT molecular complexity index is 325. The first-order chi connectivity index (χ1) is 6.48. The normalized spacial score (nSPS) is 30.4. The van der Waals surface area contributed by atoms with E-state index in [1.54, 1.807) is 0 Å². The van der Waals surface area contributed by atoms with Gasteiger partial charge in [0.05, 0.1) is 0 Å². The maximum Gasteiger partial charge on any atom is 0.331 e. The zero-order valence-electron chi connectivity index (χ0n) is 8.50. The van der Waals surface area contributed by atoms with Crippen molar-refractivity contribution in [3.05, 3.63) is 11.6 Å². The van der Waals surface area contributed by atoms with E-state index in [9.17, 15) is 9.59 Å². The molecule has 0 bridgehead atoms. The quantitative estimate of drug-likeness (QED) is 0.594. The van der Waals surface area contributed by atoms with E-state index in [0.29, 0.717) is 13.0 Å². The van der Waals surface area contributed by atoms with E-state index >= 15 is 0 Å². The number of Topliss-reactive ketones (excluding diaryl/α,β-unsaturated/α-hetero) is 1. The summed E-state index contributed by atoms with van der Waals surface area (Å²) in [5.74, 6) is -0.131. The Morgan fingerprint density at radius 1 is 1.43 bits per heavy atom. The highest BCUT2D eigenvalue weighted by molar-refractivity contribution is 5.91. The lowest BCUT2D eigenvalue weighted by Crippen LogP contribution is -2.10. The SMILES string of the molecule is CC1(C)CC(=O)C(C2=CC(=O)OC2)C1. The molecule has 1 aliphatic heterocycles. The van der Waals surface area contributed by atoms with Crippen molar-refractivity contribution in [2.75, 3.05) is 6.61 Å². The fourth-order valence-corrected chi connectivity index (χ4v) is 2.26. The highest BCUT2D eigenvalue weighted by atomic mass is 16.5. The van der Waals surface area contributed by atoms with Crippen LogP contribution in [0.2, 0.25) is 0 Å². The second kappa shape index (κ2) is 2.94. The molecular weight excluding hydrogens is 180 g/mol. The molecule has 0 saturated heterocycles. The summed E-state index contributed by atoms with van der Waals surface area (Å²) in [5.41, 5.74) is 0.944. The van der Waals surface area contributed by atoms with Crippen LogP contribution in [0.4, 0.5) is 0 Å². The minimum Gasteiger partial charge on any atom is -0.458 e. The molecule has 0 aromatic rings. The molecule has 76 valence electrons. The second-order valence-electron chi connectivity index (χ2n) is 4.89. The molecule has 0 amide bonds. The van der Waals surface area contributed by atoms with E-state index < -0.39 is 0 Å². The van der Waals surface area contributed by atoms with Gasteiger partial charge in [0.2, 0.25) is 0 Å². The van der Waals surface area contributed by atoms with Gasteiger partial charge in [-0.1, -0.05) is 13.8 Å². The number of ether oxygens (including phenoxy) is 1. The van der Waals surface area contributed by atoms with Crippen LogP contribution in [0, 0.1) is 11.3 Å². The van der Waals surface area contributed by atoms with E-state index in [-0.39, 0.29) is 23.1 Å². The van der Waals surface area contributed by atoms with Crippen LogP contribution in [-0.2, 0) is 14.3 Å². The summed E-state index contributed by atoms with van der Waals surface area (Å²) >= 11 is 0. The summed E-state index contributed by atoms with van der Waals surface area (Å²) in [6, 6.07) is 0. The number of hydrogen-bond acceptors (Lipinski definition) is 3. The van der Waals surface area contributed by atoms with Gasteiger partial charge in [-0.05, 0) is 17.4 Å². The van der Waals surface area contributed by atoms with Gasteiger partial charge in [-0.15, -0.1) is 0 Å². The fourth-order valence-electron chi connectivity index (χ4n) is 2.26. The van der Waals surface area contributed by atoms with Crippen molar-refractivity contribution >= 4 is 11.8 Å². The highest BCUT2D eigenvalue weighted by Crippen LogP contribution is 2.42. The van der Waals surface area contributed by atoms with Crippen LogP contribution >= 0.6 is 0 Å². The average molecular weight is 194 g/mol. The number of carbonyl (C=O) groups excluding carboxylic acids is 2. The first kappa shape index (κ1) is 9.44. The zero-order valence-corrected chi connectivity index (χ0v) is 8.50. The Labute approximate surface area is 83.1 Å². The molecule has 1 saturated carbocycles. The Morgan fingerprint density at radius 3 is 2.57 bits per heavy atom. The van der Waals surface area contributed by atoms with Gasteiger partial charge in [-0.2, -0.15) is 0 Å². The largest absolute Gasteiger partial charge is 0.458 e. The monoisotopic (exact) mass is 194 g/mol. The molecule has 1 heterocycles. The van der Waals surface area contributed by atoms with Gasteiger partial charge in [0, 0.05) is 18.4 Å². The van der Waals surface area contributed by atoms with Gasteiger partial charge in [0.1, 0.15) is 12.4 Å². The number of esters is 1. The van der Waals surface area contributed by atoms with Gasteiger partial charge in [0.25, 0.3) is 0 Å². The maximum atomic E-state index is 11.7. The third kappa shape index (κ3) is 1.59. The summed E-state index contributed by atoms with van der Waals surface area (Å²) in [7, 11) is 0. The van der Waals surface area contributed by atoms with Gasteiger partial charge in [-0.3, -0.25) is 4.79 Å². The Balaban J connectivity index is 2.17. The predicted octanol–water partition coefficient (Wildman–Crippen LogP) is 1.47. The Hall–Kier alpha value is -1.12. The first-order valence-electron chi connectivity index (χ1n) is 4.88. The van der Waals surface area contributed by atoms with Gasteiger partial charge >= 0.3 is 5.97 Å². The minimum atomic E-state index is -0.308. The summed E-state index contributed by atoms with van der Waals surface area (Å²) in [4.78, 5) is 22.5. The predicted molar refractivity (Wildman–Crippen MR) is 50.6 cm³/mol. The number of cyclic esters (lactones) is 1. The molecule has 0 spiro atoms. The number of hydrogen-bond donors (Lipinski definition) is 0. The van der Waals surface area contributed by atoms with E-state index in [1.165, 1.54) is 6.08 Å². The van der Waals surface area contributed by atoms with Crippen LogP contribution in [0.25, 0.3) is 0 Å². The van der Waals surface area contributed by atoms with Crippen molar-refractivity contribution in [2.45, 2.75) is 26.7 Å². The summed E-state index contributed by atoms with van der Waals surface area (Å²) in [6.07, 6.45) is 2.93. The van der Waals surface area contributed by atoms with Crippen molar-refractivity contribution in [3.63, 3.8) is 0 Å². The molecule has 1 atom stereocenters. The van der Waals surface area contributed by atoms with Crippen LogP contribution in [0.1, 0.15) is 26.7 Å². The van der Waals surface area contributed by atoms with Crippen molar-refractivity contribution in [1.29, 1.82) is 0 Å². The van der Waals surface area contributed by atoms with Crippen molar-refractivity contribution in [3.8, 4) is 0 Å². The van der Waals surface area contributed by atoms with Crippen LogP contribution < -0.4 is 0 Å². The van der Waals surface area contributed by atoms with Crippen LogP contribution in [-0.4, -0.2) is 18.4 Å². The molecule has 2 rings (SSSR count). The standard InChI is InChI=1S/C11H14O3/c1-11(2)4-8(9(12)5-11)7-3-10(13)14-6-7/h3,8H,4-6H2,1-2H3. The van der Waals surface area contributed by atoms with Crippen molar-refractivity contribution < 1.29 is 14.3 Å². The van der Waals surface area contributed by atoms with Crippen LogP contribution in [0.15, 0.2) is 11.6 Å². The molecule has 1 unspecified atom stereocenters. The average Bonchev–Trinajstić information content (AvgIpc) is 2.55. The summed E-state index contributed by atoms with van der Waals surface area (Å²) in [5, 5.41) is 0. The summed E-state index contributed by atoms with van der Waals surface area (Å²) < 4.78 is 4.81. The topological polar surface area (TPSA) is 43.4 Å². The van der Waals surface area contributed by atoms with E-state index in [2.05, 4.69) is 13.8 Å². The van der Waals surface area contributed by atoms with E-state index in [4.69, 9.17) is 4.74 Å². The van der Waals surface area contributed by atoms with Crippen molar-refractivity contribution in [2.24, 2.45) is 11.3 Å². The van der Waals surface area contributed by atoms with Crippen molar-refractivity contribution in [1.82, 2.24) is 0 Å². The molecule has 14 heavy (non-hydrogen) atoms. The highest BCUT2D eigenvalue weighted by Gasteiger charge is 2.41. The lowest BCUT2D eigenvalue weighted by Gasteiger charge is -2.15. The Morgan fingerprint density at radius 2 is 2.14 bits per heavy atom. The van der Waals surface area contributed by atoms with E-state index in [1.807, 2.05) is 0 Å². The lowest BCUT2D eigenvalue weighted by molar-refractivity contribution is -0.135. The summed E-state index contributed by atoms with van der Waals surface area (Å²) in [6.45, 7) is 4.48. The molecule has 2 aliphatic rings. The zero-order chi connectivity index (χ0) is 10.3. The van der Waals surface area contributed by atoms with Gasteiger partial charge in [-0.25, -0.2) is 4.79 Å². The van der Waals surface area contributed by atoms with Gasteiger partial charge < -0.3 is 4.74 Å². The maximum absolute atomic E-state index is 11.7. The molecule has 3 heteroatoms. The molecule has 0 radical (unpaired) electrons. The fraction of sp³-hybridized carbons (Fsp3) is 0.636. The third-order valence-electron chi connectivity index (χ3n) is 2.93. The third-order valence-corrected chi connectivity index (χ3v) is 2.93. The molecule has 0 aromatic carbocycles.